The summed E-state index contributed by atoms with van der Waals surface area (Å²) in [4.78, 5) is 4.99. The average molecular weight is 357 g/mol. The van der Waals surface area contributed by atoms with E-state index in [1.807, 2.05) is 36.4 Å². The highest BCUT2D eigenvalue weighted by molar-refractivity contribution is 7.65. The van der Waals surface area contributed by atoms with E-state index in [4.69, 9.17) is 14.9 Å². The van der Waals surface area contributed by atoms with Gasteiger partial charge in [0.1, 0.15) is 0 Å². The third-order valence-corrected chi connectivity index (χ3v) is 4.20. The van der Waals surface area contributed by atoms with E-state index >= 15 is 0 Å². The van der Waals surface area contributed by atoms with Gasteiger partial charge in [-0.05, 0) is 42.7 Å². The molecule has 1 N–H and O–H groups in total. The Kier molecular flexibility index (Phi) is 7.22. The number of methoxy groups -OCH3 is 2. The van der Waals surface area contributed by atoms with E-state index in [1.165, 1.54) is 0 Å². The molecule has 0 saturated heterocycles. The van der Waals surface area contributed by atoms with Gasteiger partial charge in [-0.25, -0.2) is 0 Å². The number of hydrogen-bond acceptors (Lipinski definition) is 5. The monoisotopic (exact) mass is 357 g/mol. The molecule has 0 unspecified atom stereocenters. The molecule has 0 spiro atoms. The molecule has 0 heterocycles. The SMILES string of the molecule is COc1ccc(C=NCCCC(=N)c2ccccc2[S+]=O)cc1OC. The van der Waals surface area contributed by atoms with Crippen molar-refractivity contribution >= 4 is 23.6 Å². The minimum absolute atomic E-state index is 0.429. The highest BCUT2D eigenvalue weighted by atomic mass is 32.1. The van der Waals surface area contributed by atoms with Gasteiger partial charge in [-0.2, -0.15) is 0 Å². The molecule has 0 aliphatic rings. The molecule has 25 heavy (non-hydrogen) atoms. The quantitative estimate of drug-likeness (QED) is 0.422. The van der Waals surface area contributed by atoms with Gasteiger partial charge in [-0.15, -0.1) is 0 Å². The van der Waals surface area contributed by atoms with E-state index in [9.17, 15) is 4.21 Å². The van der Waals surface area contributed by atoms with Crippen molar-refractivity contribution in [1.29, 1.82) is 5.41 Å². The maximum atomic E-state index is 11.1. The minimum Gasteiger partial charge on any atom is -0.493 e. The molecule has 2 aromatic carbocycles. The summed E-state index contributed by atoms with van der Waals surface area (Å²) in [6.07, 6.45) is 3.12. The standard InChI is InChI=1S/C19H21N2O3S/c1-23-17-10-9-14(12-18(17)24-2)13-21-11-5-7-16(20)15-6-3-4-8-19(15)25-22/h3-4,6,8-10,12-13,20H,5,7,11H2,1-2H3/q+1. The predicted octanol–water partition coefficient (Wildman–Crippen LogP) is 3.76. The fraction of sp³-hybridized carbons (Fsp3) is 0.263. The van der Waals surface area contributed by atoms with Gasteiger partial charge in [-0.3, -0.25) is 4.99 Å². The number of rotatable bonds is 9. The lowest BCUT2D eigenvalue weighted by molar-refractivity contribution is 0.355. The molecule has 0 amide bonds. The lowest BCUT2D eigenvalue weighted by Crippen LogP contribution is -2.02. The second kappa shape index (κ2) is 9.64. The van der Waals surface area contributed by atoms with E-state index in [0.717, 1.165) is 12.0 Å². The summed E-state index contributed by atoms with van der Waals surface area (Å²) < 4.78 is 21.5. The van der Waals surface area contributed by atoms with Crippen LogP contribution in [0.4, 0.5) is 0 Å². The van der Waals surface area contributed by atoms with Gasteiger partial charge in [0.05, 0.1) is 19.8 Å². The first kappa shape index (κ1) is 18.7. The highest BCUT2D eigenvalue weighted by Gasteiger charge is 2.16. The molecule has 2 rings (SSSR count). The maximum absolute atomic E-state index is 11.1. The fourth-order valence-corrected chi connectivity index (χ4v) is 2.79. The largest absolute Gasteiger partial charge is 0.505 e. The third kappa shape index (κ3) is 5.19. The van der Waals surface area contributed by atoms with Crippen molar-refractivity contribution in [3.05, 3.63) is 53.6 Å². The van der Waals surface area contributed by atoms with Gasteiger partial charge in [0, 0.05) is 28.7 Å². The first-order chi connectivity index (χ1) is 12.2. The zero-order valence-corrected chi connectivity index (χ0v) is 15.1. The summed E-state index contributed by atoms with van der Waals surface area (Å²) in [5.41, 5.74) is 2.12. The molecule has 130 valence electrons. The zero-order chi connectivity index (χ0) is 18.1. The topological polar surface area (TPSA) is 71.7 Å². The number of nitrogens with zero attached hydrogens (tertiary/aromatic N) is 1. The van der Waals surface area contributed by atoms with Crippen molar-refractivity contribution in [2.45, 2.75) is 17.7 Å². The summed E-state index contributed by atoms with van der Waals surface area (Å²) in [5.74, 6) is 1.35. The van der Waals surface area contributed by atoms with Crippen LogP contribution in [0.1, 0.15) is 24.0 Å². The molecular weight excluding hydrogens is 336 g/mol. The van der Waals surface area contributed by atoms with E-state index in [-0.39, 0.29) is 0 Å². The number of ether oxygens (including phenoxy) is 2. The summed E-state index contributed by atoms with van der Waals surface area (Å²) >= 11 is 0.429. The summed E-state index contributed by atoms with van der Waals surface area (Å²) in [6.45, 7) is 0.614. The molecular formula is C19H21N2O3S+. The van der Waals surface area contributed by atoms with Crippen molar-refractivity contribution in [2.24, 2.45) is 4.99 Å². The fourth-order valence-electron chi connectivity index (χ4n) is 2.37. The van der Waals surface area contributed by atoms with E-state index in [1.54, 1.807) is 26.5 Å². The Morgan fingerprint density at radius 1 is 1.16 bits per heavy atom. The van der Waals surface area contributed by atoms with Crippen LogP contribution in [0.5, 0.6) is 11.5 Å². The third-order valence-electron chi connectivity index (χ3n) is 3.66. The molecule has 0 aromatic heterocycles. The van der Waals surface area contributed by atoms with Crippen LogP contribution in [0, 0.1) is 5.41 Å². The van der Waals surface area contributed by atoms with Crippen LogP contribution < -0.4 is 9.47 Å². The molecule has 0 saturated carbocycles. The summed E-state index contributed by atoms with van der Waals surface area (Å²) in [7, 11) is 3.20. The first-order valence-electron chi connectivity index (χ1n) is 7.88. The van der Waals surface area contributed by atoms with Crippen LogP contribution in [0.2, 0.25) is 0 Å². The summed E-state index contributed by atoms with van der Waals surface area (Å²) in [6, 6.07) is 12.8. The molecule has 0 atom stereocenters. The van der Waals surface area contributed by atoms with Gasteiger partial charge < -0.3 is 14.9 Å². The van der Waals surface area contributed by atoms with Crippen molar-refractivity contribution in [1.82, 2.24) is 0 Å². The second-order valence-electron chi connectivity index (χ2n) is 5.31. The number of nitrogens with one attached hydrogen (secondary N) is 1. The smallest absolute Gasteiger partial charge is 0.493 e. The van der Waals surface area contributed by atoms with Crippen LogP contribution >= 0.6 is 0 Å². The molecule has 0 bridgehead atoms. The predicted molar refractivity (Wildman–Crippen MR) is 101 cm³/mol. The second-order valence-corrected chi connectivity index (χ2v) is 5.92. The Morgan fingerprint density at radius 3 is 2.64 bits per heavy atom. The number of benzene rings is 2. The van der Waals surface area contributed by atoms with Crippen LogP contribution in [0.25, 0.3) is 0 Å². The van der Waals surface area contributed by atoms with Gasteiger partial charge in [0.15, 0.2) is 11.5 Å². The van der Waals surface area contributed by atoms with E-state index < -0.39 is 0 Å². The van der Waals surface area contributed by atoms with Crippen LogP contribution in [-0.4, -0.2) is 32.7 Å². The Bertz CT molecular complexity index is 775. The molecule has 0 aliphatic heterocycles. The van der Waals surface area contributed by atoms with E-state index in [0.29, 0.717) is 52.3 Å². The maximum Gasteiger partial charge on any atom is 0.505 e. The van der Waals surface area contributed by atoms with E-state index in [2.05, 4.69) is 4.99 Å². The Hall–Kier alpha value is -2.60. The van der Waals surface area contributed by atoms with Crippen LogP contribution in [0.15, 0.2) is 52.4 Å². The Morgan fingerprint density at radius 2 is 1.92 bits per heavy atom. The van der Waals surface area contributed by atoms with Crippen LogP contribution in [0.3, 0.4) is 0 Å². The van der Waals surface area contributed by atoms with Gasteiger partial charge >= 0.3 is 11.7 Å². The lowest BCUT2D eigenvalue weighted by Gasteiger charge is -2.07. The molecule has 0 aliphatic carbocycles. The van der Waals surface area contributed by atoms with Gasteiger partial charge in [0.2, 0.25) is 0 Å². The highest BCUT2D eigenvalue weighted by Crippen LogP contribution is 2.26. The first-order valence-corrected chi connectivity index (χ1v) is 8.62. The zero-order valence-electron chi connectivity index (χ0n) is 14.3. The average Bonchev–Trinajstić information content (AvgIpc) is 2.67. The molecule has 6 heteroatoms. The molecule has 5 nitrogen and oxygen atoms in total. The van der Waals surface area contributed by atoms with Gasteiger partial charge in [-0.1, -0.05) is 12.1 Å². The molecule has 0 fully saturated rings. The lowest BCUT2D eigenvalue weighted by atomic mass is 10.1. The van der Waals surface area contributed by atoms with Crippen molar-refractivity contribution in [3.8, 4) is 11.5 Å². The van der Waals surface area contributed by atoms with Gasteiger partial charge in [0.25, 0.3) is 4.90 Å². The summed E-state index contributed by atoms with van der Waals surface area (Å²) in [5, 5.41) is 8.14. The Labute approximate surface area is 151 Å². The Balaban J connectivity index is 1.87. The minimum atomic E-state index is 0.429. The van der Waals surface area contributed by atoms with Crippen LogP contribution in [-0.2, 0) is 15.9 Å². The van der Waals surface area contributed by atoms with Crippen molar-refractivity contribution < 1.29 is 13.7 Å². The normalized spacial score (nSPS) is 10.6. The number of aliphatic imine (C=N–C) groups is 1. The number of hydrogen-bond donors (Lipinski definition) is 1. The molecule has 2 aromatic rings. The molecule has 0 radical (unpaired) electrons. The van der Waals surface area contributed by atoms with Crippen molar-refractivity contribution in [3.63, 3.8) is 0 Å². The van der Waals surface area contributed by atoms with Crippen molar-refractivity contribution in [2.75, 3.05) is 20.8 Å².